The first kappa shape index (κ1) is 14.7. The summed E-state index contributed by atoms with van der Waals surface area (Å²) in [5.74, 6) is 0. The Kier molecular flexibility index (Phi) is 4.54. The maximum atomic E-state index is 12.2. The minimum atomic E-state index is -3.57. The molecule has 0 radical (unpaired) electrons. The zero-order valence-electron chi connectivity index (χ0n) is 11.3. The Hall–Kier alpha value is -1.69. The van der Waals surface area contributed by atoms with Gasteiger partial charge in [0, 0.05) is 6.42 Å². The summed E-state index contributed by atoms with van der Waals surface area (Å²) in [4.78, 5) is 0.228. The molecule has 0 fully saturated rings. The van der Waals surface area contributed by atoms with Crippen molar-refractivity contribution in [1.82, 2.24) is 4.72 Å². The van der Waals surface area contributed by atoms with Crippen molar-refractivity contribution in [3.63, 3.8) is 0 Å². The molecule has 2 aromatic carbocycles. The third kappa shape index (κ3) is 3.90. The molecule has 0 bridgehead atoms. The van der Waals surface area contributed by atoms with Crippen molar-refractivity contribution in [3.05, 3.63) is 65.7 Å². The summed E-state index contributed by atoms with van der Waals surface area (Å²) >= 11 is 0. The highest BCUT2D eigenvalue weighted by atomic mass is 32.2. The van der Waals surface area contributed by atoms with Crippen molar-refractivity contribution in [3.8, 4) is 0 Å². The zero-order chi connectivity index (χ0) is 14.6. The second kappa shape index (κ2) is 6.17. The fourth-order valence-corrected chi connectivity index (χ4v) is 3.01. The summed E-state index contributed by atoms with van der Waals surface area (Å²) in [5, 5.41) is 0. The second-order valence-corrected chi connectivity index (χ2v) is 6.44. The van der Waals surface area contributed by atoms with Crippen LogP contribution in [0, 0.1) is 6.92 Å². The van der Waals surface area contributed by atoms with Gasteiger partial charge in [-0.05, 0) is 24.6 Å². The Labute approximate surface area is 119 Å². The highest BCUT2D eigenvalue weighted by Gasteiger charge is 2.17. The van der Waals surface area contributed by atoms with E-state index in [4.69, 9.17) is 5.73 Å². The Morgan fingerprint density at radius 1 is 1.05 bits per heavy atom. The van der Waals surface area contributed by atoms with Crippen LogP contribution in [0.15, 0.2) is 59.5 Å². The smallest absolute Gasteiger partial charge is 0.241 e. The van der Waals surface area contributed by atoms with Gasteiger partial charge in [0.2, 0.25) is 10.0 Å². The van der Waals surface area contributed by atoms with Gasteiger partial charge in [0.05, 0.1) is 11.1 Å². The predicted molar refractivity (Wildman–Crippen MR) is 79.6 cm³/mol. The molecule has 4 nitrogen and oxygen atoms in total. The van der Waals surface area contributed by atoms with Crippen LogP contribution in [0.2, 0.25) is 0 Å². The molecule has 3 N–H and O–H groups in total. The van der Waals surface area contributed by atoms with E-state index in [0.29, 0.717) is 6.42 Å². The van der Waals surface area contributed by atoms with Crippen molar-refractivity contribution in [2.45, 2.75) is 24.4 Å². The number of sulfonamides is 1. The molecular formula is C15H18N2O2S. The number of nitrogens with one attached hydrogen (secondary N) is 1. The number of rotatable bonds is 5. The number of hydrogen-bond donors (Lipinski definition) is 2. The number of benzene rings is 2. The Morgan fingerprint density at radius 3 is 2.25 bits per heavy atom. The Morgan fingerprint density at radius 2 is 1.65 bits per heavy atom. The van der Waals surface area contributed by atoms with E-state index in [1.807, 2.05) is 37.3 Å². The van der Waals surface area contributed by atoms with Crippen LogP contribution >= 0.6 is 0 Å². The van der Waals surface area contributed by atoms with E-state index < -0.39 is 16.2 Å². The summed E-state index contributed by atoms with van der Waals surface area (Å²) in [6.07, 6.45) is -0.199. The van der Waals surface area contributed by atoms with Crippen molar-refractivity contribution >= 4 is 10.0 Å². The first-order valence-electron chi connectivity index (χ1n) is 6.36. The summed E-state index contributed by atoms with van der Waals surface area (Å²) in [7, 11) is -3.57. The van der Waals surface area contributed by atoms with E-state index in [1.165, 1.54) is 0 Å². The fourth-order valence-electron chi connectivity index (χ4n) is 1.89. The molecule has 5 heteroatoms. The molecule has 1 unspecified atom stereocenters. The SMILES string of the molecule is Cc1ccc(S(=O)(=O)NC(N)Cc2ccccc2)cc1. The molecule has 0 amide bonds. The van der Waals surface area contributed by atoms with Crippen molar-refractivity contribution < 1.29 is 8.42 Å². The third-order valence-corrected chi connectivity index (χ3v) is 4.44. The standard InChI is InChI=1S/C15H18N2O2S/c1-12-7-9-14(10-8-12)20(18,19)17-15(16)11-13-5-3-2-4-6-13/h2-10,15,17H,11,16H2,1H3. The molecule has 0 aliphatic heterocycles. The van der Waals surface area contributed by atoms with Crippen LogP contribution in [0.3, 0.4) is 0 Å². The van der Waals surface area contributed by atoms with Crippen LogP contribution in [-0.2, 0) is 16.4 Å². The molecule has 0 aliphatic carbocycles. The average Bonchev–Trinajstić information content (AvgIpc) is 2.39. The van der Waals surface area contributed by atoms with Crippen molar-refractivity contribution in [2.24, 2.45) is 5.73 Å². The second-order valence-electron chi connectivity index (χ2n) is 4.73. The van der Waals surface area contributed by atoms with Gasteiger partial charge in [-0.2, -0.15) is 4.72 Å². The van der Waals surface area contributed by atoms with E-state index in [-0.39, 0.29) is 4.90 Å². The molecule has 0 heterocycles. The monoisotopic (exact) mass is 290 g/mol. The van der Waals surface area contributed by atoms with E-state index in [2.05, 4.69) is 4.72 Å². The lowest BCUT2D eigenvalue weighted by Crippen LogP contribution is -2.42. The maximum Gasteiger partial charge on any atom is 0.241 e. The molecule has 0 spiro atoms. The van der Waals surface area contributed by atoms with Crippen LogP contribution in [0.1, 0.15) is 11.1 Å². The third-order valence-electron chi connectivity index (χ3n) is 2.94. The molecule has 0 saturated heterocycles. The first-order chi connectivity index (χ1) is 9.47. The lowest BCUT2D eigenvalue weighted by molar-refractivity contribution is 0.552. The lowest BCUT2D eigenvalue weighted by Gasteiger charge is -2.14. The van der Waals surface area contributed by atoms with Gasteiger partial charge in [0.15, 0.2) is 0 Å². The minimum Gasteiger partial charge on any atom is -0.315 e. The molecule has 20 heavy (non-hydrogen) atoms. The molecular weight excluding hydrogens is 272 g/mol. The van der Waals surface area contributed by atoms with Gasteiger partial charge >= 0.3 is 0 Å². The fraction of sp³-hybridized carbons (Fsp3) is 0.200. The average molecular weight is 290 g/mol. The highest BCUT2D eigenvalue weighted by molar-refractivity contribution is 7.89. The van der Waals surface area contributed by atoms with Crippen LogP contribution in [0.5, 0.6) is 0 Å². The quantitative estimate of drug-likeness (QED) is 0.825. The van der Waals surface area contributed by atoms with E-state index >= 15 is 0 Å². The van der Waals surface area contributed by atoms with Crippen LogP contribution in [-0.4, -0.2) is 14.6 Å². The van der Waals surface area contributed by atoms with Gasteiger partial charge in [-0.3, -0.25) is 0 Å². The largest absolute Gasteiger partial charge is 0.315 e. The van der Waals surface area contributed by atoms with Crippen molar-refractivity contribution in [1.29, 1.82) is 0 Å². The van der Waals surface area contributed by atoms with Gasteiger partial charge in [-0.15, -0.1) is 0 Å². The summed E-state index contributed by atoms with van der Waals surface area (Å²) < 4.78 is 26.8. The van der Waals surface area contributed by atoms with Gasteiger partial charge in [-0.1, -0.05) is 48.0 Å². The number of aryl methyl sites for hydroxylation is 1. The number of hydrogen-bond acceptors (Lipinski definition) is 3. The molecule has 2 aromatic rings. The molecule has 0 saturated carbocycles. The Balaban J connectivity index is 2.06. The Bertz CT molecular complexity index is 652. The zero-order valence-corrected chi connectivity index (χ0v) is 12.1. The summed E-state index contributed by atoms with van der Waals surface area (Å²) in [6.45, 7) is 1.91. The topological polar surface area (TPSA) is 72.2 Å². The molecule has 0 aromatic heterocycles. The van der Waals surface area contributed by atoms with Gasteiger partial charge in [0.25, 0.3) is 0 Å². The summed E-state index contributed by atoms with van der Waals surface area (Å²) in [5.41, 5.74) is 7.87. The maximum absolute atomic E-state index is 12.2. The van der Waals surface area contributed by atoms with Gasteiger partial charge < -0.3 is 5.73 Å². The molecule has 0 aliphatic rings. The van der Waals surface area contributed by atoms with Gasteiger partial charge in [-0.25, -0.2) is 8.42 Å². The van der Waals surface area contributed by atoms with Crippen molar-refractivity contribution in [2.75, 3.05) is 0 Å². The van der Waals surface area contributed by atoms with E-state index in [9.17, 15) is 8.42 Å². The molecule has 106 valence electrons. The minimum absolute atomic E-state index is 0.228. The first-order valence-corrected chi connectivity index (χ1v) is 7.84. The van der Waals surface area contributed by atoms with Crippen LogP contribution < -0.4 is 10.5 Å². The lowest BCUT2D eigenvalue weighted by atomic mass is 10.1. The van der Waals surface area contributed by atoms with Crippen LogP contribution in [0.25, 0.3) is 0 Å². The van der Waals surface area contributed by atoms with E-state index in [1.54, 1.807) is 24.3 Å². The summed E-state index contributed by atoms with van der Waals surface area (Å²) in [6, 6.07) is 16.2. The van der Waals surface area contributed by atoms with Gasteiger partial charge in [0.1, 0.15) is 0 Å². The number of nitrogens with two attached hydrogens (primary N) is 1. The normalized spacial score (nSPS) is 13.1. The predicted octanol–water partition coefficient (Wildman–Crippen LogP) is 1.80. The highest BCUT2D eigenvalue weighted by Crippen LogP contribution is 2.10. The van der Waals surface area contributed by atoms with E-state index in [0.717, 1.165) is 11.1 Å². The molecule has 1 atom stereocenters. The van der Waals surface area contributed by atoms with Crippen LogP contribution in [0.4, 0.5) is 0 Å². The molecule has 2 rings (SSSR count).